The Balaban J connectivity index is 2.65. The van der Waals surface area contributed by atoms with Crippen molar-refractivity contribution in [3.63, 3.8) is 0 Å². The summed E-state index contributed by atoms with van der Waals surface area (Å²) in [5, 5.41) is 3.23. The zero-order valence-corrected chi connectivity index (χ0v) is 13.1. The summed E-state index contributed by atoms with van der Waals surface area (Å²) >= 11 is 1.31. The third kappa shape index (κ3) is 5.92. The number of carbonyl (C=O) groups is 1. The fourth-order valence-corrected chi connectivity index (χ4v) is 2.55. The van der Waals surface area contributed by atoms with Crippen molar-refractivity contribution in [2.75, 3.05) is 18.9 Å². The first-order valence-electron chi connectivity index (χ1n) is 6.81. The van der Waals surface area contributed by atoms with Crippen LogP contribution in [0.25, 0.3) is 0 Å². The van der Waals surface area contributed by atoms with Crippen LogP contribution in [-0.2, 0) is 16.1 Å². The highest BCUT2D eigenvalue weighted by Crippen LogP contribution is 2.25. The minimum Gasteiger partial charge on any atom is -0.465 e. The SMILES string of the molecule is CCOC(=O)CSc1cccc(F)c1CNCC(C)C. The van der Waals surface area contributed by atoms with Gasteiger partial charge in [-0.3, -0.25) is 4.79 Å². The molecule has 112 valence electrons. The Morgan fingerprint density at radius 2 is 2.20 bits per heavy atom. The van der Waals surface area contributed by atoms with Gasteiger partial charge in [0.15, 0.2) is 0 Å². The van der Waals surface area contributed by atoms with Crippen LogP contribution in [0.3, 0.4) is 0 Å². The number of halogens is 1. The third-order valence-electron chi connectivity index (χ3n) is 2.58. The third-order valence-corrected chi connectivity index (χ3v) is 3.65. The van der Waals surface area contributed by atoms with Crippen LogP contribution >= 0.6 is 11.8 Å². The van der Waals surface area contributed by atoms with Gasteiger partial charge in [-0.2, -0.15) is 0 Å². The second kappa shape index (κ2) is 8.97. The minimum absolute atomic E-state index is 0.203. The Hall–Kier alpha value is -1.07. The van der Waals surface area contributed by atoms with Gasteiger partial charge in [0.25, 0.3) is 0 Å². The first-order valence-corrected chi connectivity index (χ1v) is 7.79. The lowest BCUT2D eigenvalue weighted by Crippen LogP contribution is -2.20. The van der Waals surface area contributed by atoms with Gasteiger partial charge >= 0.3 is 5.97 Å². The zero-order chi connectivity index (χ0) is 15.0. The van der Waals surface area contributed by atoms with Crippen LogP contribution in [-0.4, -0.2) is 24.9 Å². The maximum atomic E-state index is 13.9. The summed E-state index contributed by atoms with van der Waals surface area (Å²) in [6.45, 7) is 7.64. The normalized spacial score (nSPS) is 10.8. The molecule has 0 saturated heterocycles. The zero-order valence-electron chi connectivity index (χ0n) is 12.2. The molecule has 1 rings (SSSR count). The van der Waals surface area contributed by atoms with Gasteiger partial charge in [-0.25, -0.2) is 4.39 Å². The molecule has 0 heterocycles. The molecule has 5 heteroatoms. The average molecular weight is 299 g/mol. The summed E-state index contributed by atoms with van der Waals surface area (Å²) in [4.78, 5) is 12.1. The maximum Gasteiger partial charge on any atom is 0.316 e. The largest absolute Gasteiger partial charge is 0.465 e. The van der Waals surface area contributed by atoms with E-state index in [-0.39, 0.29) is 17.5 Å². The Morgan fingerprint density at radius 3 is 2.85 bits per heavy atom. The lowest BCUT2D eigenvalue weighted by molar-refractivity contribution is -0.139. The molecule has 3 nitrogen and oxygen atoms in total. The van der Waals surface area contributed by atoms with E-state index in [0.717, 1.165) is 11.4 Å². The van der Waals surface area contributed by atoms with E-state index in [1.807, 2.05) is 6.07 Å². The van der Waals surface area contributed by atoms with Gasteiger partial charge in [0, 0.05) is 17.0 Å². The molecule has 20 heavy (non-hydrogen) atoms. The molecule has 0 saturated carbocycles. The van der Waals surface area contributed by atoms with Crippen molar-refractivity contribution in [1.29, 1.82) is 0 Å². The standard InChI is InChI=1S/C15H22FNO2S/c1-4-19-15(18)10-20-14-7-5-6-13(16)12(14)9-17-8-11(2)3/h5-7,11,17H,4,8-10H2,1-3H3. The van der Waals surface area contributed by atoms with Crippen LogP contribution in [0.1, 0.15) is 26.3 Å². The lowest BCUT2D eigenvalue weighted by Gasteiger charge is -2.12. The van der Waals surface area contributed by atoms with E-state index in [1.54, 1.807) is 13.0 Å². The van der Waals surface area contributed by atoms with Crippen LogP contribution < -0.4 is 5.32 Å². The van der Waals surface area contributed by atoms with E-state index in [2.05, 4.69) is 19.2 Å². The number of hydrogen-bond acceptors (Lipinski definition) is 4. The van der Waals surface area contributed by atoms with Gasteiger partial charge in [-0.05, 0) is 31.5 Å². The number of carbonyl (C=O) groups excluding carboxylic acids is 1. The molecule has 0 radical (unpaired) electrons. The van der Waals surface area contributed by atoms with Gasteiger partial charge in [-0.1, -0.05) is 19.9 Å². The number of thioether (sulfide) groups is 1. The lowest BCUT2D eigenvalue weighted by atomic mass is 10.2. The number of ether oxygens (including phenoxy) is 1. The summed E-state index contributed by atoms with van der Waals surface area (Å²) in [6.07, 6.45) is 0. The Labute approximate surface area is 124 Å². The molecule has 0 aliphatic heterocycles. The summed E-state index contributed by atoms with van der Waals surface area (Å²) in [5.41, 5.74) is 0.613. The molecule has 0 amide bonds. The highest BCUT2D eigenvalue weighted by molar-refractivity contribution is 8.00. The molecule has 0 spiro atoms. The topological polar surface area (TPSA) is 38.3 Å². The molecule has 0 unspecified atom stereocenters. The second-order valence-electron chi connectivity index (χ2n) is 4.83. The Kier molecular flexibility index (Phi) is 7.62. The molecule has 0 atom stereocenters. The number of rotatable bonds is 8. The van der Waals surface area contributed by atoms with Gasteiger partial charge in [0.2, 0.25) is 0 Å². The highest BCUT2D eigenvalue weighted by atomic mass is 32.2. The summed E-state index contributed by atoms with van der Waals surface area (Å²) in [6, 6.07) is 4.94. The van der Waals surface area contributed by atoms with Crippen molar-refractivity contribution >= 4 is 17.7 Å². The fraction of sp³-hybridized carbons (Fsp3) is 0.533. The molecule has 1 aromatic carbocycles. The quantitative estimate of drug-likeness (QED) is 0.591. The van der Waals surface area contributed by atoms with E-state index >= 15 is 0 Å². The van der Waals surface area contributed by atoms with Gasteiger partial charge in [-0.15, -0.1) is 11.8 Å². The highest BCUT2D eigenvalue weighted by Gasteiger charge is 2.11. The summed E-state index contributed by atoms with van der Waals surface area (Å²) < 4.78 is 18.8. The molecule has 1 N–H and O–H groups in total. The predicted molar refractivity (Wildman–Crippen MR) is 80.3 cm³/mol. The van der Waals surface area contributed by atoms with Crippen LogP contribution in [0.15, 0.2) is 23.1 Å². The van der Waals surface area contributed by atoms with Gasteiger partial charge in [0.1, 0.15) is 5.82 Å². The smallest absolute Gasteiger partial charge is 0.316 e. The maximum absolute atomic E-state index is 13.9. The van der Waals surface area contributed by atoms with E-state index in [9.17, 15) is 9.18 Å². The van der Waals surface area contributed by atoms with Crippen molar-refractivity contribution in [3.8, 4) is 0 Å². The molecule has 0 aromatic heterocycles. The predicted octanol–water partition coefficient (Wildman–Crippen LogP) is 3.23. The molecule has 0 bridgehead atoms. The monoisotopic (exact) mass is 299 g/mol. The first kappa shape index (κ1) is 17.0. The molecule has 0 fully saturated rings. The molecule has 1 aromatic rings. The van der Waals surface area contributed by atoms with Crippen LogP contribution in [0.2, 0.25) is 0 Å². The van der Waals surface area contributed by atoms with Crippen molar-refractivity contribution in [1.82, 2.24) is 5.32 Å². The Bertz CT molecular complexity index is 438. The van der Waals surface area contributed by atoms with E-state index in [1.165, 1.54) is 17.8 Å². The average Bonchev–Trinajstić information content (AvgIpc) is 2.39. The number of hydrogen-bond donors (Lipinski definition) is 1. The number of benzene rings is 1. The minimum atomic E-state index is -0.275. The van der Waals surface area contributed by atoms with E-state index in [0.29, 0.717) is 24.6 Å². The van der Waals surface area contributed by atoms with Crippen molar-refractivity contribution in [3.05, 3.63) is 29.6 Å². The van der Waals surface area contributed by atoms with Gasteiger partial charge < -0.3 is 10.1 Å². The van der Waals surface area contributed by atoms with E-state index in [4.69, 9.17) is 4.74 Å². The van der Waals surface area contributed by atoms with Crippen molar-refractivity contribution < 1.29 is 13.9 Å². The van der Waals surface area contributed by atoms with Crippen molar-refractivity contribution in [2.45, 2.75) is 32.2 Å². The van der Waals surface area contributed by atoms with Gasteiger partial charge in [0.05, 0.1) is 12.4 Å². The van der Waals surface area contributed by atoms with E-state index < -0.39 is 0 Å². The fourth-order valence-electron chi connectivity index (χ4n) is 1.67. The number of esters is 1. The molecule has 0 aliphatic rings. The summed E-state index contributed by atoms with van der Waals surface area (Å²) in [5.74, 6) is 0.199. The Morgan fingerprint density at radius 1 is 1.45 bits per heavy atom. The summed E-state index contributed by atoms with van der Waals surface area (Å²) in [7, 11) is 0. The van der Waals surface area contributed by atoms with Crippen LogP contribution in [0.5, 0.6) is 0 Å². The molecular formula is C15H22FNO2S. The van der Waals surface area contributed by atoms with Crippen molar-refractivity contribution in [2.24, 2.45) is 5.92 Å². The molecular weight excluding hydrogens is 277 g/mol. The first-order chi connectivity index (χ1) is 9.54. The van der Waals surface area contributed by atoms with Crippen LogP contribution in [0, 0.1) is 11.7 Å². The van der Waals surface area contributed by atoms with Crippen LogP contribution in [0.4, 0.5) is 4.39 Å². The number of nitrogens with one attached hydrogen (secondary N) is 1. The molecule has 0 aliphatic carbocycles. The second-order valence-corrected chi connectivity index (χ2v) is 5.85.